The molecule has 1 saturated heterocycles. The van der Waals surface area contributed by atoms with Gasteiger partial charge in [0.15, 0.2) is 5.13 Å². The van der Waals surface area contributed by atoms with E-state index >= 15 is 0 Å². The molecule has 5 nitrogen and oxygen atoms in total. The summed E-state index contributed by atoms with van der Waals surface area (Å²) in [5, 5.41) is 10.5. The van der Waals surface area contributed by atoms with Crippen molar-refractivity contribution in [3.8, 4) is 5.13 Å². The molecule has 3 heterocycles. The molecular formula is C19H21N3O2S. The van der Waals surface area contributed by atoms with E-state index in [0.717, 1.165) is 26.7 Å². The average Bonchev–Trinajstić information content (AvgIpc) is 3.16. The molecule has 0 radical (unpaired) electrons. The number of aliphatic hydroxyl groups is 1. The molecule has 6 heteroatoms. The summed E-state index contributed by atoms with van der Waals surface area (Å²) in [7, 11) is 0. The van der Waals surface area contributed by atoms with E-state index in [9.17, 15) is 9.90 Å². The summed E-state index contributed by atoms with van der Waals surface area (Å²) in [5.74, 6) is 0.0390. The predicted octanol–water partition coefficient (Wildman–Crippen LogP) is 3.30. The van der Waals surface area contributed by atoms with Crippen LogP contribution in [0, 0.1) is 13.8 Å². The van der Waals surface area contributed by atoms with E-state index in [0.29, 0.717) is 31.5 Å². The van der Waals surface area contributed by atoms with E-state index in [4.69, 9.17) is 4.98 Å². The van der Waals surface area contributed by atoms with Gasteiger partial charge in [0.2, 0.25) is 0 Å². The number of aliphatic hydroxyl groups excluding tert-OH is 1. The zero-order chi connectivity index (χ0) is 17.6. The van der Waals surface area contributed by atoms with E-state index in [2.05, 4.69) is 30.5 Å². The SMILES string of the molecule is Cc1ccc(C)n1-c1nc2ccc(C(=O)N3CCC(O)CC3)cc2s1. The Bertz CT molecular complexity index is 916. The molecule has 3 aromatic rings. The Morgan fingerprint density at radius 2 is 1.84 bits per heavy atom. The van der Waals surface area contributed by atoms with Crippen molar-refractivity contribution in [3.63, 3.8) is 0 Å². The number of thiazole rings is 1. The zero-order valence-electron chi connectivity index (χ0n) is 14.4. The molecule has 2 aromatic heterocycles. The summed E-state index contributed by atoms with van der Waals surface area (Å²) < 4.78 is 3.16. The Kier molecular flexibility index (Phi) is 4.09. The van der Waals surface area contributed by atoms with Crippen LogP contribution < -0.4 is 0 Å². The maximum Gasteiger partial charge on any atom is 0.253 e. The fourth-order valence-electron chi connectivity index (χ4n) is 3.36. The first kappa shape index (κ1) is 16.3. The Morgan fingerprint density at radius 3 is 2.52 bits per heavy atom. The number of carbonyl (C=O) groups is 1. The van der Waals surface area contributed by atoms with Gasteiger partial charge in [-0.3, -0.25) is 9.36 Å². The third-order valence-electron chi connectivity index (χ3n) is 4.84. The van der Waals surface area contributed by atoms with Gasteiger partial charge in [-0.1, -0.05) is 11.3 Å². The van der Waals surface area contributed by atoms with Gasteiger partial charge >= 0.3 is 0 Å². The molecule has 4 rings (SSSR count). The first-order valence-electron chi connectivity index (χ1n) is 8.56. The summed E-state index contributed by atoms with van der Waals surface area (Å²) >= 11 is 1.60. The molecule has 1 aliphatic rings. The average molecular weight is 355 g/mol. The van der Waals surface area contributed by atoms with Crippen molar-refractivity contribution in [2.24, 2.45) is 0 Å². The molecule has 0 aliphatic carbocycles. The normalized spacial score (nSPS) is 15.9. The quantitative estimate of drug-likeness (QED) is 0.767. The number of amides is 1. The summed E-state index contributed by atoms with van der Waals surface area (Å²) in [4.78, 5) is 19.3. The fourth-order valence-corrected chi connectivity index (χ4v) is 4.49. The van der Waals surface area contributed by atoms with Crippen molar-refractivity contribution in [2.75, 3.05) is 13.1 Å². The molecular weight excluding hydrogens is 334 g/mol. The van der Waals surface area contributed by atoms with Crippen molar-refractivity contribution < 1.29 is 9.90 Å². The second-order valence-electron chi connectivity index (χ2n) is 6.65. The molecule has 0 atom stereocenters. The number of hydrogen-bond acceptors (Lipinski definition) is 4. The minimum Gasteiger partial charge on any atom is -0.393 e. The minimum atomic E-state index is -0.274. The van der Waals surface area contributed by atoms with Gasteiger partial charge in [0.1, 0.15) is 0 Å². The second kappa shape index (κ2) is 6.28. The van der Waals surface area contributed by atoms with Crippen LogP contribution in [0.1, 0.15) is 34.6 Å². The largest absolute Gasteiger partial charge is 0.393 e. The highest BCUT2D eigenvalue weighted by molar-refractivity contribution is 7.20. The smallest absolute Gasteiger partial charge is 0.253 e. The highest BCUT2D eigenvalue weighted by Gasteiger charge is 2.22. The number of hydrogen-bond donors (Lipinski definition) is 1. The molecule has 1 N–H and O–H groups in total. The minimum absolute atomic E-state index is 0.0390. The topological polar surface area (TPSA) is 58.4 Å². The molecule has 130 valence electrons. The van der Waals surface area contributed by atoms with Crippen LogP contribution in [0.2, 0.25) is 0 Å². The van der Waals surface area contributed by atoms with E-state index in [1.54, 1.807) is 11.3 Å². The van der Waals surface area contributed by atoms with Crippen molar-refractivity contribution >= 4 is 27.5 Å². The van der Waals surface area contributed by atoms with Crippen LogP contribution in [0.15, 0.2) is 30.3 Å². The molecule has 0 unspecified atom stereocenters. The summed E-state index contributed by atoms with van der Waals surface area (Å²) in [6.07, 6.45) is 1.04. The Morgan fingerprint density at radius 1 is 1.16 bits per heavy atom. The van der Waals surface area contributed by atoms with Gasteiger partial charge in [0.05, 0.1) is 16.3 Å². The zero-order valence-corrected chi connectivity index (χ0v) is 15.2. The van der Waals surface area contributed by atoms with Crippen LogP contribution in [0.3, 0.4) is 0 Å². The molecule has 1 fully saturated rings. The summed E-state index contributed by atoms with van der Waals surface area (Å²) in [5.41, 5.74) is 3.91. The first-order chi connectivity index (χ1) is 12.0. The lowest BCUT2D eigenvalue weighted by Crippen LogP contribution is -2.40. The van der Waals surface area contributed by atoms with Crippen molar-refractivity contribution in [3.05, 3.63) is 47.3 Å². The van der Waals surface area contributed by atoms with Gasteiger partial charge in [-0.2, -0.15) is 0 Å². The number of fused-ring (bicyclic) bond motifs is 1. The fraction of sp³-hybridized carbons (Fsp3) is 0.368. The van der Waals surface area contributed by atoms with Gasteiger partial charge in [-0.15, -0.1) is 0 Å². The van der Waals surface area contributed by atoms with Crippen LogP contribution in [0.5, 0.6) is 0 Å². The van der Waals surface area contributed by atoms with Crippen LogP contribution in [-0.4, -0.2) is 44.7 Å². The van der Waals surface area contributed by atoms with E-state index in [-0.39, 0.29) is 12.0 Å². The Labute approximate surface area is 150 Å². The molecule has 0 spiro atoms. The number of carbonyl (C=O) groups excluding carboxylic acids is 1. The number of benzene rings is 1. The third-order valence-corrected chi connectivity index (χ3v) is 5.84. The molecule has 1 aliphatic heterocycles. The van der Waals surface area contributed by atoms with Crippen molar-refractivity contribution in [2.45, 2.75) is 32.8 Å². The number of nitrogens with zero attached hydrogens (tertiary/aromatic N) is 3. The molecule has 0 saturated carbocycles. The maximum atomic E-state index is 12.7. The Balaban J connectivity index is 1.65. The first-order valence-corrected chi connectivity index (χ1v) is 9.38. The standard InChI is InChI=1S/C19H21N3O2S/c1-12-3-4-13(2)22(12)19-20-16-6-5-14(11-17(16)25-19)18(24)21-9-7-15(23)8-10-21/h3-6,11,15,23H,7-10H2,1-2H3. The second-order valence-corrected chi connectivity index (χ2v) is 7.66. The lowest BCUT2D eigenvalue weighted by Gasteiger charge is -2.29. The number of aryl methyl sites for hydroxylation is 2. The Hall–Kier alpha value is -2.18. The van der Waals surface area contributed by atoms with Crippen LogP contribution in [0.4, 0.5) is 0 Å². The molecule has 1 amide bonds. The van der Waals surface area contributed by atoms with E-state index in [1.807, 2.05) is 23.1 Å². The number of aromatic nitrogens is 2. The molecule has 1 aromatic carbocycles. The predicted molar refractivity (Wildman–Crippen MR) is 99.6 cm³/mol. The third kappa shape index (κ3) is 2.96. The van der Waals surface area contributed by atoms with Gasteiger partial charge in [-0.25, -0.2) is 4.98 Å². The highest BCUT2D eigenvalue weighted by atomic mass is 32.1. The monoisotopic (exact) mass is 355 g/mol. The lowest BCUT2D eigenvalue weighted by molar-refractivity contribution is 0.0546. The molecule has 25 heavy (non-hydrogen) atoms. The lowest BCUT2D eigenvalue weighted by atomic mass is 10.1. The van der Waals surface area contributed by atoms with Crippen molar-refractivity contribution in [1.29, 1.82) is 0 Å². The maximum absolute atomic E-state index is 12.7. The summed E-state index contributed by atoms with van der Waals surface area (Å²) in [6, 6.07) is 9.89. The van der Waals surface area contributed by atoms with Gasteiger partial charge in [-0.05, 0) is 57.0 Å². The van der Waals surface area contributed by atoms with Crippen LogP contribution >= 0.6 is 11.3 Å². The number of rotatable bonds is 2. The molecule has 0 bridgehead atoms. The van der Waals surface area contributed by atoms with Gasteiger partial charge < -0.3 is 10.0 Å². The van der Waals surface area contributed by atoms with Crippen molar-refractivity contribution in [1.82, 2.24) is 14.5 Å². The van der Waals surface area contributed by atoms with E-state index < -0.39 is 0 Å². The van der Waals surface area contributed by atoms with Gasteiger partial charge in [0, 0.05) is 30.0 Å². The van der Waals surface area contributed by atoms with E-state index in [1.165, 1.54) is 0 Å². The highest BCUT2D eigenvalue weighted by Crippen LogP contribution is 2.28. The van der Waals surface area contributed by atoms with Crippen LogP contribution in [0.25, 0.3) is 15.3 Å². The van der Waals surface area contributed by atoms with Gasteiger partial charge in [0.25, 0.3) is 5.91 Å². The van der Waals surface area contributed by atoms with Crippen LogP contribution in [-0.2, 0) is 0 Å². The summed E-state index contributed by atoms with van der Waals surface area (Å²) in [6.45, 7) is 5.37. The number of piperidine rings is 1. The number of likely N-dealkylation sites (tertiary alicyclic amines) is 1.